The molecule has 0 aliphatic carbocycles. The Labute approximate surface area is 79.9 Å². The Morgan fingerprint density at radius 1 is 1.64 bits per heavy atom. The molecule has 0 radical (unpaired) electrons. The third kappa shape index (κ3) is 4.86. The van der Waals surface area contributed by atoms with Crippen LogP contribution in [0.15, 0.2) is 12.7 Å². The van der Waals surface area contributed by atoms with Crippen molar-refractivity contribution >= 4 is 5.97 Å². The molecule has 0 saturated carbocycles. The molecule has 0 aromatic heterocycles. The largest absolute Gasteiger partial charge is 0.490 e. The number of hydrogen-bond acceptors (Lipinski definition) is 3. The molecule has 0 fully saturated rings. The van der Waals surface area contributed by atoms with Crippen LogP contribution in [0.25, 0.3) is 0 Å². The van der Waals surface area contributed by atoms with E-state index in [-0.39, 0.29) is 13.0 Å². The van der Waals surface area contributed by atoms with Gasteiger partial charge in [0.2, 0.25) is 0 Å². The number of ether oxygens (including phenoxy) is 1. The van der Waals surface area contributed by atoms with Gasteiger partial charge in [0.25, 0.3) is 0 Å². The molecule has 0 spiro atoms. The molecule has 0 heterocycles. The van der Waals surface area contributed by atoms with E-state index in [0.717, 1.165) is 0 Å². The lowest BCUT2D eigenvalue weighted by molar-refractivity contribution is -0.206. The van der Waals surface area contributed by atoms with Crippen LogP contribution in [0.3, 0.4) is 0 Å². The van der Waals surface area contributed by atoms with Gasteiger partial charge in [-0.3, -0.25) is 5.32 Å². The van der Waals surface area contributed by atoms with Gasteiger partial charge in [0, 0.05) is 6.54 Å². The summed E-state index contributed by atoms with van der Waals surface area (Å²) < 4.78 is 39.4. The van der Waals surface area contributed by atoms with E-state index < -0.39 is 18.4 Å². The molecular formula is C8H12F3NO2. The number of carbonyl (C=O) groups excluding carboxylic acids is 1. The fourth-order valence-corrected chi connectivity index (χ4v) is 0.680. The maximum Gasteiger partial charge on any atom is 0.490 e. The Bertz CT molecular complexity index is 203. The van der Waals surface area contributed by atoms with Gasteiger partial charge in [-0.15, -0.1) is 6.58 Å². The third-order valence-electron chi connectivity index (χ3n) is 1.34. The molecule has 1 atom stereocenters. The minimum atomic E-state index is -4.94. The lowest BCUT2D eigenvalue weighted by Crippen LogP contribution is -2.38. The van der Waals surface area contributed by atoms with Crippen LogP contribution in [0.4, 0.5) is 13.2 Å². The van der Waals surface area contributed by atoms with E-state index in [2.05, 4.69) is 16.6 Å². The molecule has 6 heteroatoms. The summed E-state index contributed by atoms with van der Waals surface area (Å²) in [7, 11) is 0. The second-order valence-corrected chi connectivity index (χ2v) is 2.50. The van der Waals surface area contributed by atoms with Crippen LogP contribution in [-0.4, -0.2) is 24.9 Å². The summed E-state index contributed by atoms with van der Waals surface area (Å²) >= 11 is 0. The van der Waals surface area contributed by atoms with Gasteiger partial charge in [0.05, 0.1) is 0 Å². The first-order valence-corrected chi connectivity index (χ1v) is 4.03. The average Bonchev–Trinajstić information content (AvgIpc) is 2.10. The zero-order valence-corrected chi connectivity index (χ0v) is 7.73. The topological polar surface area (TPSA) is 38.3 Å². The molecule has 1 unspecified atom stereocenters. The first kappa shape index (κ1) is 13.0. The summed E-state index contributed by atoms with van der Waals surface area (Å²) in [6.07, 6.45) is -4.15. The van der Waals surface area contributed by atoms with Crippen molar-refractivity contribution in [3.05, 3.63) is 12.7 Å². The molecule has 3 nitrogen and oxygen atoms in total. The Morgan fingerprint density at radius 2 is 2.21 bits per heavy atom. The van der Waals surface area contributed by atoms with E-state index in [4.69, 9.17) is 0 Å². The number of hydrogen-bond donors (Lipinski definition) is 1. The lowest BCUT2D eigenvalue weighted by atomic mass is 10.4. The summed E-state index contributed by atoms with van der Waals surface area (Å²) in [6.45, 7) is 5.25. The summed E-state index contributed by atoms with van der Waals surface area (Å²) in [5.74, 6) is -2.18. The number of nitrogens with one attached hydrogen (secondary N) is 1. The first-order chi connectivity index (χ1) is 6.41. The molecule has 0 saturated heterocycles. The van der Waals surface area contributed by atoms with Gasteiger partial charge >= 0.3 is 12.1 Å². The van der Waals surface area contributed by atoms with Crippen LogP contribution < -0.4 is 5.32 Å². The summed E-state index contributed by atoms with van der Waals surface area (Å²) in [5.41, 5.74) is 0. The minimum absolute atomic E-state index is 0.260. The molecule has 1 N–H and O–H groups in total. The monoisotopic (exact) mass is 211 g/mol. The maximum absolute atomic E-state index is 11.7. The molecule has 0 aliphatic rings. The number of alkyl halides is 3. The number of carbonyl (C=O) groups is 1. The predicted octanol–water partition coefficient (Wildman–Crippen LogP) is 1.60. The maximum atomic E-state index is 11.7. The highest BCUT2D eigenvalue weighted by atomic mass is 19.4. The normalized spacial score (nSPS) is 13.4. The fourth-order valence-electron chi connectivity index (χ4n) is 0.680. The van der Waals surface area contributed by atoms with Crippen molar-refractivity contribution in [1.82, 2.24) is 5.32 Å². The first-order valence-electron chi connectivity index (χ1n) is 4.03. The van der Waals surface area contributed by atoms with Crippen molar-refractivity contribution in [3.63, 3.8) is 0 Å². The van der Waals surface area contributed by atoms with Crippen molar-refractivity contribution in [2.45, 2.75) is 25.7 Å². The van der Waals surface area contributed by atoms with Gasteiger partial charge in [-0.05, 0) is 6.42 Å². The molecule has 0 bridgehead atoms. The molecule has 0 aromatic rings. The molecular weight excluding hydrogens is 199 g/mol. The van der Waals surface area contributed by atoms with Gasteiger partial charge in [-0.25, -0.2) is 4.79 Å². The highest BCUT2D eigenvalue weighted by Crippen LogP contribution is 2.17. The van der Waals surface area contributed by atoms with Gasteiger partial charge in [0.15, 0.2) is 6.23 Å². The second-order valence-electron chi connectivity index (χ2n) is 2.50. The zero-order valence-electron chi connectivity index (χ0n) is 7.73. The van der Waals surface area contributed by atoms with Crippen LogP contribution in [0.5, 0.6) is 0 Å². The molecule has 82 valence electrons. The number of rotatable bonds is 5. The van der Waals surface area contributed by atoms with Gasteiger partial charge in [-0.1, -0.05) is 13.0 Å². The summed E-state index contributed by atoms with van der Waals surface area (Å²) in [5, 5.41) is 2.56. The van der Waals surface area contributed by atoms with E-state index >= 15 is 0 Å². The Balaban J connectivity index is 4.05. The van der Waals surface area contributed by atoms with Gasteiger partial charge in [0.1, 0.15) is 0 Å². The average molecular weight is 211 g/mol. The summed E-state index contributed by atoms with van der Waals surface area (Å²) in [6, 6.07) is 0. The SMILES string of the molecule is C=CCNC(CC)OC(=O)C(F)(F)F. The van der Waals surface area contributed by atoms with Gasteiger partial charge in [-0.2, -0.15) is 13.2 Å². The molecule has 0 rings (SSSR count). The van der Waals surface area contributed by atoms with E-state index in [0.29, 0.717) is 0 Å². The molecule has 0 amide bonds. The Kier molecular flexibility index (Phi) is 5.22. The number of halogens is 3. The van der Waals surface area contributed by atoms with Crippen LogP contribution in [0.1, 0.15) is 13.3 Å². The third-order valence-corrected chi connectivity index (χ3v) is 1.34. The van der Waals surface area contributed by atoms with Gasteiger partial charge < -0.3 is 4.74 Å². The summed E-state index contributed by atoms with van der Waals surface area (Å²) in [4.78, 5) is 10.4. The minimum Gasteiger partial charge on any atom is -0.440 e. The number of esters is 1. The lowest BCUT2D eigenvalue weighted by Gasteiger charge is -2.17. The van der Waals surface area contributed by atoms with Crippen molar-refractivity contribution in [3.8, 4) is 0 Å². The van der Waals surface area contributed by atoms with Crippen molar-refractivity contribution in [1.29, 1.82) is 0 Å². The van der Waals surface area contributed by atoms with Crippen LogP contribution in [0.2, 0.25) is 0 Å². The molecule has 14 heavy (non-hydrogen) atoms. The second kappa shape index (κ2) is 5.64. The Morgan fingerprint density at radius 3 is 2.57 bits per heavy atom. The Hall–Kier alpha value is -1.04. The smallest absolute Gasteiger partial charge is 0.440 e. The van der Waals surface area contributed by atoms with E-state index in [9.17, 15) is 18.0 Å². The zero-order chi connectivity index (χ0) is 11.2. The van der Waals surface area contributed by atoms with Crippen LogP contribution in [0, 0.1) is 0 Å². The van der Waals surface area contributed by atoms with Crippen molar-refractivity contribution in [2.75, 3.05) is 6.54 Å². The standard InChI is InChI=1S/C8H12F3NO2/c1-3-5-12-6(4-2)14-7(13)8(9,10)11/h3,6,12H,1,4-5H2,2H3. The highest BCUT2D eigenvalue weighted by Gasteiger charge is 2.42. The van der Waals surface area contributed by atoms with E-state index in [1.165, 1.54) is 6.08 Å². The predicted molar refractivity (Wildman–Crippen MR) is 44.4 cm³/mol. The highest BCUT2D eigenvalue weighted by molar-refractivity contribution is 5.75. The van der Waals surface area contributed by atoms with E-state index in [1.807, 2.05) is 0 Å². The quantitative estimate of drug-likeness (QED) is 0.426. The van der Waals surface area contributed by atoms with Crippen molar-refractivity contribution < 1.29 is 22.7 Å². The van der Waals surface area contributed by atoms with E-state index in [1.54, 1.807) is 6.92 Å². The fraction of sp³-hybridized carbons (Fsp3) is 0.625. The van der Waals surface area contributed by atoms with Crippen molar-refractivity contribution in [2.24, 2.45) is 0 Å². The van der Waals surface area contributed by atoms with Crippen LogP contribution >= 0.6 is 0 Å². The van der Waals surface area contributed by atoms with Crippen LogP contribution in [-0.2, 0) is 9.53 Å². The molecule has 0 aromatic carbocycles. The molecule has 0 aliphatic heterocycles.